The van der Waals surface area contributed by atoms with Gasteiger partial charge in [0.1, 0.15) is 0 Å². The van der Waals surface area contributed by atoms with Gasteiger partial charge in [0.05, 0.1) is 16.2 Å². The van der Waals surface area contributed by atoms with Gasteiger partial charge in [-0.1, -0.05) is 11.6 Å². The van der Waals surface area contributed by atoms with Gasteiger partial charge in [0, 0.05) is 10.9 Å². The Kier molecular flexibility index (Phi) is 4.47. The molecule has 0 saturated heterocycles. The van der Waals surface area contributed by atoms with Gasteiger partial charge in [-0.15, -0.1) is 11.3 Å². The maximum Gasteiger partial charge on any atom is 0.306 e. The van der Waals surface area contributed by atoms with Crippen LogP contribution in [-0.4, -0.2) is 23.0 Å². The molecule has 1 aliphatic rings. The molecule has 1 amide bonds. The highest BCUT2D eigenvalue weighted by Crippen LogP contribution is 2.30. The third-order valence-electron chi connectivity index (χ3n) is 3.54. The zero-order valence-electron chi connectivity index (χ0n) is 10.6. The molecule has 19 heavy (non-hydrogen) atoms. The topological polar surface area (TPSA) is 66.4 Å². The van der Waals surface area contributed by atoms with E-state index in [2.05, 4.69) is 5.32 Å². The van der Waals surface area contributed by atoms with Gasteiger partial charge in [-0.3, -0.25) is 9.59 Å². The zero-order chi connectivity index (χ0) is 14.0. The summed E-state index contributed by atoms with van der Waals surface area (Å²) in [5.74, 6) is -1.40. The summed E-state index contributed by atoms with van der Waals surface area (Å²) in [5.41, 5.74) is 0. The van der Waals surface area contributed by atoms with Crippen LogP contribution >= 0.6 is 22.9 Å². The van der Waals surface area contributed by atoms with Crippen LogP contribution in [-0.2, 0) is 9.59 Å². The van der Waals surface area contributed by atoms with Gasteiger partial charge < -0.3 is 10.4 Å². The smallest absolute Gasteiger partial charge is 0.306 e. The van der Waals surface area contributed by atoms with E-state index < -0.39 is 5.97 Å². The van der Waals surface area contributed by atoms with Crippen molar-refractivity contribution >= 4 is 34.8 Å². The average Bonchev–Trinajstić information content (AvgIpc) is 2.97. The highest BCUT2D eigenvalue weighted by atomic mass is 35.5. The molecule has 1 aromatic heterocycles. The lowest BCUT2D eigenvalue weighted by Gasteiger charge is -2.16. The Morgan fingerprint density at radius 3 is 2.74 bits per heavy atom. The van der Waals surface area contributed by atoms with Gasteiger partial charge in [-0.05, 0) is 38.3 Å². The standard InChI is InChI=1S/C13H16ClNO3S/c1-7(10-4-5-11(14)19-10)12(16)15-9-3-2-8(6-9)13(17)18/h4-5,7-9H,2-3,6H2,1H3,(H,15,16)(H,17,18)/t7?,8-,9+/m0/s1. The van der Waals surface area contributed by atoms with Crippen molar-refractivity contribution < 1.29 is 14.7 Å². The number of carboxylic acids is 1. The van der Waals surface area contributed by atoms with Crippen molar-refractivity contribution in [3.05, 3.63) is 21.3 Å². The number of carbonyl (C=O) groups excluding carboxylic acids is 1. The number of amides is 1. The fraction of sp³-hybridized carbons (Fsp3) is 0.538. The second-order valence-corrected chi connectivity index (χ2v) is 6.66. The van der Waals surface area contributed by atoms with Gasteiger partial charge in [0.25, 0.3) is 0 Å². The number of thiophene rings is 1. The maximum absolute atomic E-state index is 12.1. The van der Waals surface area contributed by atoms with Crippen LogP contribution in [0.1, 0.15) is 37.0 Å². The van der Waals surface area contributed by atoms with Gasteiger partial charge in [-0.25, -0.2) is 0 Å². The number of halogens is 1. The number of carbonyl (C=O) groups is 2. The summed E-state index contributed by atoms with van der Waals surface area (Å²) in [5, 5.41) is 11.9. The Hall–Kier alpha value is -1.07. The number of aliphatic carboxylic acids is 1. The highest BCUT2D eigenvalue weighted by Gasteiger charge is 2.31. The van der Waals surface area contributed by atoms with E-state index in [1.165, 1.54) is 11.3 Å². The second kappa shape index (κ2) is 5.92. The molecule has 2 rings (SSSR count). The molecule has 1 saturated carbocycles. The van der Waals surface area contributed by atoms with E-state index in [9.17, 15) is 9.59 Å². The van der Waals surface area contributed by atoms with Crippen LogP contribution in [0.3, 0.4) is 0 Å². The summed E-state index contributed by atoms with van der Waals surface area (Å²) in [6.45, 7) is 1.83. The van der Waals surface area contributed by atoms with E-state index in [1.54, 1.807) is 6.07 Å². The lowest BCUT2D eigenvalue weighted by Crippen LogP contribution is -2.36. The monoisotopic (exact) mass is 301 g/mol. The SMILES string of the molecule is CC(C(=O)N[C@@H]1CC[C@H](C(=O)O)C1)c1ccc(Cl)s1. The van der Waals surface area contributed by atoms with Crippen LogP contribution < -0.4 is 5.32 Å². The van der Waals surface area contributed by atoms with E-state index in [0.717, 1.165) is 11.3 Å². The van der Waals surface area contributed by atoms with Gasteiger partial charge >= 0.3 is 5.97 Å². The number of nitrogens with one attached hydrogen (secondary N) is 1. The minimum atomic E-state index is -0.769. The Morgan fingerprint density at radius 1 is 1.47 bits per heavy atom. The number of carboxylic acid groups (broad SMARTS) is 1. The van der Waals surface area contributed by atoms with Crippen molar-refractivity contribution in [1.29, 1.82) is 0 Å². The van der Waals surface area contributed by atoms with E-state index in [1.807, 2.05) is 13.0 Å². The largest absolute Gasteiger partial charge is 0.481 e. The quantitative estimate of drug-likeness (QED) is 0.898. The first-order valence-corrected chi connectivity index (χ1v) is 7.45. The van der Waals surface area contributed by atoms with Crippen molar-refractivity contribution in [2.45, 2.75) is 38.1 Å². The zero-order valence-corrected chi connectivity index (χ0v) is 12.1. The maximum atomic E-state index is 12.1. The molecule has 0 aromatic carbocycles. The first-order chi connectivity index (χ1) is 8.97. The van der Waals surface area contributed by atoms with Crippen LogP contribution in [0.5, 0.6) is 0 Å². The minimum absolute atomic E-state index is 0.0218. The first kappa shape index (κ1) is 14.3. The molecule has 0 aliphatic heterocycles. The average molecular weight is 302 g/mol. The second-order valence-electron chi connectivity index (χ2n) is 4.92. The van der Waals surface area contributed by atoms with Crippen molar-refractivity contribution in [2.24, 2.45) is 5.92 Å². The van der Waals surface area contributed by atoms with Crippen LogP contribution in [0.2, 0.25) is 4.34 Å². The summed E-state index contributed by atoms with van der Waals surface area (Å²) in [7, 11) is 0. The molecule has 1 unspecified atom stereocenters. The fourth-order valence-electron chi connectivity index (χ4n) is 2.35. The van der Waals surface area contributed by atoms with Gasteiger partial charge in [0.15, 0.2) is 0 Å². The Balaban J connectivity index is 1.89. The third kappa shape index (κ3) is 3.48. The summed E-state index contributed by atoms with van der Waals surface area (Å²) in [6.07, 6.45) is 1.90. The number of hydrogen-bond donors (Lipinski definition) is 2. The molecule has 1 fully saturated rings. The van der Waals surface area contributed by atoms with Crippen molar-refractivity contribution in [1.82, 2.24) is 5.32 Å². The molecule has 1 aliphatic carbocycles. The molecule has 3 atom stereocenters. The molecule has 1 heterocycles. The predicted molar refractivity (Wildman–Crippen MR) is 74.7 cm³/mol. The molecular formula is C13H16ClNO3S. The van der Waals surface area contributed by atoms with E-state index >= 15 is 0 Å². The van der Waals surface area contributed by atoms with Crippen LogP contribution in [0, 0.1) is 5.92 Å². The number of hydrogen-bond acceptors (Lipinski definition) is 3. The van der Waals surface area contributed by atoms with Crippen molar-refractivity contribution in [3.63, 3.8) is 0 Å². The van der Waals surface area contributed by atoms with E-state index in [4.69, 9.17) is 16.7 Å². The normalized spacial score (nSPS) is 24.1. The minimum Gasteiger partial charge on any atom is -0.481 e. The molecule has 0 radical (unpaired) electrons. The molecule has 6 heteroatoms. The van der Waals surface area contributed by atoms with Crippen LogP contribution in [0.15, 0.2) is 12.1 Å². The van der Waals surface area contributed by atoms with Gasteiger partial charge in [0.2, 0.25) is 5.91 Å². The lowest BCUT2D eigenvalue weighted by atomic mass is 10.1. The summed E-state index contributed by atoms with van der Waals surface area (Å²) in [4.78, 5) is 23.9. The molecule has 4 nitrogen and oxygen atoms in total. The first-order valence-electron chi connectivity index (χ1n) is 6.25. The number of rotatable bonds is 4. The van der Waals surface area contributed by atoms with Crippen molar-refractivity contribution in [2.75, 3.05) is 0 Å². The summed E-state index contributed by atoms with van der Waals surface area (Å²) >= 11 is 7.25. The fourth-order valence-corrected chi connectivity index (χ4v) is 3.46. The highest BCUT2D eigenvalue weighted by molar-refractivity contribution is 7.16. The lowest BCUT2D eigenvalue weighted by molar-refractivity contribution is -0.141. The Labute approximate surface area is 120 Å². The molecule has 2 N–H and O–H groups in total. The van der Waals surface area contributed by atoms with Crippen LogP contribution in [0.4, 0.5) is 0 Å². The van der Waals surface area contributed by atoms with Crippen LogP contribution in [0.25, 0.3) is 0 Å². The Morgan fingerprint density at radius 2 is 2.21 bits per heavy atom. The molecule has 1 aromatic rings. The van der Waals surface area contributed by atoms with E-state index in [0.29, 0.717) is 17.2 Å². The van der Waals surface area contributed by atoms with Gasteiger partial charge in [-0.2, -0.15) is 0 Å². The molecule has 0 bridgehead atoms. The molecule has 104 valence electrons. The Bertz CT molecular complexity index is 488. The third-order valence-corrected chi connectivity index (χ3v) is 4.96. The summed E-state index contributed by atoms with van der Waals surface area (Å²) < 4.78 is 0.668. The van der Waals surface area contributed by atoms with Crippen molar-refractivity contribution in [3.8, 4) is 0 Å². The molecular weight excluding hydrogens is 286 g/mol. The predicted octanol–water partition coefficient (Wildman–Crippen LogP) is 2.87. The summed E-state index contributed by atoms with van der Waals surface area (Å²) in [6, 6.07) is 3.61. The van der Waals surface area contributed by atoms with E-state index in [-0.39, 0.29) is 23.8 Å². The molecule has 0 spiro atoms.